The van der Waals surface area contributed by atoms with E-state index in [1.54, 1.807) is 13.8 Å². The van der Waals surface area contributed by atoms with Crippen LogP contribution in [0.25, 0.3) is 0 Å². The molecule has 1 aromatic rings. The summed E-state index contributed by atoms with van der Waals surface area (Å²) in [7, 11) is -3.82. The molecule has 0 radical (unpaired) electrons. The highest BCUT2D eigenvalue weighted by molar-refractivity contribution is 7.89. The second-order valence-corrected chi connectivity index (χ2v) is 6.23. The van der Waals surface area contributed by atoms with E-state index in [4.69, 9.17) is 16.7 Å². The van der Waals surface area contributed by atoms with Crippen LogP contribution in [0.15, 0.2) is 23.1 Å². The molecule has 0 aliphatic rings. The van der Waals surface area contributed by atoms with Crippen LogP contribution >= 0.6 is 11.6 Å². The van der Waals surface area contributed by atoms with Gasteiger partial charge < -0.3 is 5.11 Å². The molecule has 0 saturated heterocycles. The number of aliphatic hydroxyl groups excluding tert-OH is 1. The zero-order chi connectivity index (χ0) is 13.9. The first-order chi connectivity index (χ1) is 8.27. The van der Waals surface area contributed by atoms with Crippen molar-refractivity contribution in [3.05, 3.63) is 29.0 Å². The van der Waals surface area contributed by atoms with Gasteiger partial charge in [0, 0.05) is 12.6 Å². The molecule has 18 heavy (non-hydrogen) atoms. The first-order valence-electron chi connectivity index (χ1n) is 5.36. The lowest BCUT2D eigenvalue weighted by Crippen LogP contribution is -2.38. The summed E-state index contributed by atoms with van der Waals surface area (Å²) in [5.74, 6) is -0.838. The number of hydrogen-bond donors (Lipinski definition) is 2. The Bertz CT molecular complexity index is 521. The highest BCUT2D eigenvalue weighted by atomic mass is 35.5. The average Bonchev–Trinajstić information content (AvgIpc) is 2.26. The van der Waals surface area contributed by atoms with Crippen LogP contribution in [0.5, 0.6) is 0 Å². The van der Waals surface area contributed by atoms with Gasteiger partial charge in [-0.15, -0.1) is 0 Å². The monoisotopic (exact) mass is 295 g/mol. The lowest BCUT2D eigenvalue weighted by molar-refractivity contribution is 0.216. The fourth-order valence-electron chi connectivity index (χ4n) is 1.28. The normalized spacial score (nSPS) is 15.4. The fraction of sp³-hybridized carbons (Fsp3) is 0.455. The van der Waals surface area contributed by atoms with Crippen molar-refractivity contribution in [2.24, 2.45) is 5.92 Å². The van der Waals surface area contributed by atoms with Crippen molar-refractivity contribution in [3.63, 3.8) is 0 Å². The van der Waals surface area contributed by atoms with Gasteiger partial charge in [0.05, 0.1) is 5.02 Å². The molecule has 0 heterocycles. The second-order valence-electron chi connectivity index (χ2n) is 4.14. The van der Waals surface area contributed by atoms with E-state index in [1.807, 2.05) is 0 Å². The summed E-state index contributed by atoms with van der Waals surface area (Å²) in [6.45, 7) is 3.20. The van der Waals surface area contributed by atoms with Crippen molar-refractivity contribution in [1.82, 2.24) is 4.72 Å². The molecular weight excluding hydrogens is 281 g/mol. The average molecular weight is 296 g/mol. The van der Waals surface area contributed by atoms with Gasteiger partial charge in [-0.3, -0.25) is 0 Å². The van der Waals surface area contributed by atoms with E-state index in [9.17, 15) is 12.8 Å². The highest BCUT2D eigenvalue weighted by Crippen LogP contribution is 2.22. The Morgan fingerprint density at radius 1 is 1.44 bits per heavy atom. The number of halogens is 2. The van der Waals surface area contributed by atoms with Gasteiger partial charge in [-0.2, -0.15) is 0 Å². The summed E-state index contributed by atoms with van der Waals surface area (Å²) in [5.41, 5.74) is 0. The zero-order valence-corrected chi connectivity index (χ0v) is 11.6. The summed E-state index contributed by atoms with van der Waals surface area (Å²) < 4.78 is 39.2. The minimum atomic E-state index is -3.82. The fourth-order valence-corrected chi connectivity index (χ4v) is 3.16. The van der Waals surface area contributed by atoms with Gasteiger partial charge in [-0.25, -0.2) is 17.5 Å². The van der Waals surface area contributed by atoms with Crippen LogP contribution in [0.3, 0.4) is 0 Å². The van der Waals surface area contributed by atoms with E-state index in [0.29, 0.717) is 0 Å². The first kappa shape index (κ1) is 15.4. The van der Waals surface area contributed by atoms with E-state index >= 15 is 0 Å². The molecule has 0 aromatic heterocycles. The topological polar surface area (TPSA) is 66.4 Å². The van der Waals surface area contributed by atoms with E-state index in [-0.39, 0.29) is 22.4 Å². The van der Waals surface area contributed by atoms with Crippen LogP contribution in [0.4, 0.5) is 4.39 Å². The highest BCUT2D eigenvalue weighted by Gasteiger charge is 2.23. The predicted molar refractivity (Wildman–Crippen MR) is 67.4 cm³/mol. The minimum absolute atomic E-state index is 0.138. The van der Waals surface area contributed by atoms with E-state index in [0.717, 1.165) is 18.2 Å². The van der Waals surface area contributed by atoms with Gasteiger partial charge in [0.15, 0.2) is 0 Å². The lowest BCUT2D eigenvalue weighted by Gasteiger charge is -2.19. The van der Waals surface area contributed by atoms with Crippen LogP contribution < -0.4 is 4.72 Å². The molecule has 0 fully saturated rings. The molecule has 0 bridgehead atoms. The Balaban J connectivity index is 3.00. The van der Waals surface area contributed by atoms with Crippen molar-refractivity contribution in [2.45, 2.75) is 24.8 Å². The van der Waals surface area contributed by atoms with Gasteiger partial charge in [0.2, 0.25) is 10.0 Å². The van der Waals surface area contributed by atoms with Gasteiger partial charge in [-0.1, -0.05) is 18.5 Å². The Morgan fingerprint density at radius 2 is 2.06 bits per heavy atom. The minimum Gasteiger partial charge on any atom is -0.396 e. The maximum Gasteiger partial charge on any atom is 0.242 e. The van der Waals surface area contributed by atoms with Crippen molar-refractivity contribution >= 4 is 21.6 Å². The molecule has 0 saturated carbocycles. The van der Waals surface area contributed by atoms with Gasteiger partial charge in [0.25, 0.3) is 0 Å². The Morgan fingerprint density at radius 3 is 2.56 bits per heavy atom. The number of benzene rings is 1. The number of rotatable bonds is 5. The van der Waals surface area contributed by atoms with Gasteiger partial charge in [-0.05, 0) is 31.0 Å². The molecule has 4 nitrogen and oxygen atoms in total. The zero-order valence-electron chi connectivity index (χ0n) is 10.0. The molecule has 1 rings (SSSR count). The van der Waals surface area contributed by atoms with Crippen LogP contribution in [0.1, 0.15) is 13.8 Å². The first-order valence-corrected chi connectivity index (χ1v) is 7.22. The standard InChI is InChI=1S/C11H15ClFNO3S/c1-7(6-15)8(2)14-18(16,17)11-4-3-9(13)5-10(11)12/h3-5,7-8,14-15H,6H2,1-2H3. The molecule has 1 aromatic carbocycles. The smallest absolute Gasteiger partial charge is 0.242 e. The summed E-state index contributed by atoms with van der Waals surface area (Å²) in [5, 5.41) is 8.78. The maximum atomic E-state index is 12.8. The third kappa shape index (κ3) is 3.65. The molecule has 0 amide bonds. The third-order valence-electron chi connectivity index (χ3n) is 2.67. The van der Waals surface area contributed by atoms with Crippen LogP contribution in [-0.4, -0.2) is 26.2 Å². The van der Waals surface area contributed by atoms with Crippen molar-refractivity contribution in [2.75, 3.05) is 6.61 Å². The second kappa shape index (κ2) is 5.97. The number of nitrogens with one attached hydrogen (secondary N) is 1. The molecule has 0 aliphatic heterocycles. The molecule has 0 spiro atoms. The van der Waals surface area contributed by atoms with Crippen molar-refractivity contribution < 1.29 is 17.9 Å². The van der Waals surface area contributed by atoms with Gasteiger partial charge >= 0.3 is 0 Å². The molecule has 102 valence electrons. The van der Waals surface area contributed by atoms with Gasteiger partial charge in [0.1, 0.15) is 10.7 Å². The van der Waals surface area contributed by atoms with Crippen molar-refractivity contribution in [3.8, 4) is 0 Å². The molecule has 7 heteroatoms. The largest absolute Gasteiger partial charge is 0.396 e. The SMILES string of the molecule is CC(CO)C(C)NS(=O)(=O)c1ccc(F)cc1Cl. The molecule has 0 aliphatic carbocycles. The number of sulfonamides is 1. The number of aliphatic hydroxyl groups is 1. The Labute approximate surface area is 111 Å². The Kier molecular flexibility index (Phi) is 5.10. The summed E-state index contributed by atoms with van der Waals surface area (Å²) >= 11 is 5.70. The lowest BCUT2D eigenvalue weighted by atomic mass is 10.1. The number of hydrogen-bond acceptors (Lipinski definition) is 3. The predicted octanol–water partition coefficient (Wildman–Crippen LogP) is 1.77. The summed E-state index contributed by atoms with van der Waals surface area (Å²) in [6, 6.07) is 2.62. The van der Waals surface area contributed by atoms with Crippen LogP contribution in [0.2, 0.25) is 5.02 Å². The third-order valence-corrected chi connectivity index (χ3v) is 4.71. The summed E-state index contributed by atoms with van der Waals surface area (Å²) in [6.07, 6.45) is 0. The molecular formula is C11H15ClFNO3S. The van der Waals surface area contributed by atoms with Crippen LogP contribution in [-0.2, 0) is 10.0 Å². The van der Waals surface area contributed by atoms with Crippen molar-refractivity contribution in [1.29, 1.82) is 0 Å². The Hall–Kier alpha value is -0.690. The molecule has 2 N–H and O–H groups in total. The summed E-state index contributed by atoms with van der Waals surface area (Å²) in [4.78, 5) is -0.178. The quantitative estimate of drug-likeness (QED) is 0.870. The van der Waals surface area contributed by atoms with Crippen LogP contribution in [0, 0.1) is 11.7 Å². The maximum absolute atomic E-state index is 12.8. The molecule has 2 atom stereocenters. The molecule has 2 unspecified atom stereocenters. The van der Waals surface area contributed by atoms with E-state index in [1.165, 1.54) is 0 Å². The van der Waals surface area contributed by atoms with E-state index in [2.05, 4.69) is 4.72 Å². The van der Waals surface area contributed by atoms with E-state index < -0.39 is 21.9 Å².